The lowest BCUT2D eigenvalue weighted by Gasteiger charge is -2.37. The highest BCUT2D eigenvalue weighted by molar-refractivity contribution is 5.87. The lowest BCUT2D eigenvalue weighted by atomic mass is 9.90. The second kappa shape index (κ2) is 19.1. The summed E-state index contributed by atoms with van der Waals surface area (Å²) in [5, 5.41) is 49.4. The van der Waals surface area contributed by atoms with Crippen molar-refractivity contribution >= 4 is 24.0 Å². The molecule has 10 nitrogen and oxygen atoms in total. The maximum Gasteiger partial charge on any atom is 0.409 e. The lowest BCUT2D eigenvalue weighted by Crippen LogP contribution is -2.48. The minimum Gasteiger partial charge on any atom is -0.450 e. The zero-order valence-corrected chi connectivity index (χ0v) is 28.9. The molecule has 0 bridgehead atoms. The first kappa shape index (κ1) is 37.6. The molecule has 1 amide bonds. The second-order valence-corrected chi connectivity index (χ2v) is 11.5. The van der Waals surface area contributed by atoms with Gasteiger partial charge >= 0.3 is 6.09 Å². The van der Waals surface area contributed by atoms with E-state index in [1.807, 2.05) is 54.6 Å². The lowest BCUT2D eigenvalue weighted by molar-refractivity contribution is 0.0873. The van der Waals surface area contributed by atoms with Crippen molar-refractivity contribution in [2.24, 2.45) is 10.9 Å². The number of carbonyl (C=O) groups is 1. The van der Waals surface area contributed by atoms with Crippen molar-refractivity contribution < 1.29 is 9.53 Å². The summed E-state index contributed by atoms with van der Waals surface area (Å²) in [5.74, 6) is -1.13. The molecule has 10 heteroatoms. The molecule has 0 aromatic heterocycles. The van der Waals surface area contributed by atoms with Gasteiger partial charge in [-0.1, -0.05) is 85.0 Å². The van der Waals surface area contributed by atoms with Gasteiger partial charge in [-0.15, -0.1) is 0 Å². The molecule has 1 aliphatic carbocycles. The van der Waals surface area contributed by atoms with Crippen molar-refractivity contribution in [1.29, 1.82) is 26.3 Å². The molecular formula is C42H36N8O2. The van der Waals surface area contributed by atoms with E-state index in [0.717, 1.165) is 16.8 Å². The van der Waals surface area contributed by atoms with E-state index in [0.29, 0.717) is 67.9 Å². The molecule has 1 saturated heterocycles. The van der Waals surface area contributed by atoms with Gasteiger partial charge in [0.25, 0.3) is 0 Å². The monoisotopic (exact) mass is 684 g/mol. The average molecular weight is 685 g/mol. The number of rotatable bonds is 11. The Bertz CT molecular complexity index is 2080. The van der Waals surface area contributed by atoms with Crippen LogP contribution in [0.15, 0.2) is 136 Å². The molecule has 0 N–H and O–H groups in total. The number of nitriles is 5. The van der Waals surface area contributed by atoms with E-state index in [2.05, 4.69) is 28.7 Å². The van der Waals surface area contributed by atoms with E-state index in [4.69, 9.17) is 4.74 Å². The van der Waals surface area contributed by atoms with Gasteiger partial charge in [-0.05, 0) is 60.9 Å². The molecule has 1 heterocycles. The number of ether oxygens (including phenoxy) is 1. The number of allylic oxidation sites excluding steroid dienone is 13. The fourth-order valence-electron chi connectivity index (χ4n) is 6.10. The Morgan fingerprint density at radius 1 is 0.885 bits per heavy atom. The van der Waals surface area contributed by atoms with Crippen LogP contribution in [0.25, 0.3) is 11.1 Å². The molecule has 1 aliphatic heterocycles. The van der Waals surface area contributed by atoms with Gasteiger partial charge in [-0.3, -0.25) is 4.99 Å². The third-order valence-corrected chi connectivity index (χ3v) is 8.51. The van der Waals surface area contributed by atoms with Gasteiger partial charge in [-0.25, -0.2) is 4.79 Å². The normalized spacial score (nSPS) is 16.5. The molecular weight excluding hydrogens is 649 g/mol. The van der Waals surface area contributed by atoms with Crippen molar-refractivity contribution in [2.45, 2.75) is 19.8 Å². The van der Waals surface area contributed by atoms with Crippen LogP contribution in [0.4, 0.5) is 4.79 Å². The topological polar surface area (TPSA) is 164 Å². The van der Waals surface area contributed by atoms with Crippen molar-refractivity contribution in [3.63, 3.8) is 0 Å². The number of amides is 1. The highest BCUT2D eigenvalue weighted by Gasteiger charge is 2.28. The Hall–Kier alpha value is -7.19. The van der Waals surface area contributed by atoms with Crippen molar-refractivity contribution in [2.75, 3.05) is 32.8 Å². The number of aliphatic imine (C=N–C) groups is 1. The number of hydrogen-bond donors (Lipinski definition) is 0. The van der Waals surface area contributed by atoms with E-state index in [1.54, 1.807) is 72.5 Å². The van der Waals surface area contributed by atoms with Gasteiger partial charge < -0.3 is 14.5 Å². The highest BCUT2D eigenvalue weighted by Crippen LogP contribution is 2.36. The maximum atomic E-state index is 12.4. The van der Waals surface area contributed by atoms with Crippen molar-refractivity contribution in [1.82, 2.24) is 9.80 Å². The van der Waals surface area contributed by atoms with E-state index < -0.39 is 5.92 Å². The van der Waals surface area contributed by atoms with Crippen LogP contribution in [-0.2, 0) is 4.74 Å². The molecule has 0 saturated carbocycles. The Morgan fingerprint density at radius 3 is 2.10 bits per heavy atom. The maximum absolute atomic E-state index is 12.4. The smallest absolute Gasteiger partial charge is 0.409 e. The molecule has 52 heavy (non-hydrogen) atoms. The highest BCUT2D eigenvalue weighted by atomic mass is 16.6. The van der Waals surface area contributed by atoms with Crippen LogP contribution in [-0.4, -0.2) is 55.4 Å². The summed E-state index contributed by atoms with van der Waals surface area (Å²) in [4.78, 5) is 20.2. The first-order chi connectivity index (χ1) is 25.4. The van der Waals surface area contributed by atoms with Crippen LogP contribution in [0, 0.1) is 62.6 Å². The van der Waals surface area contributed by atoms with Crippen molar-refractivity contribution in [3.8, 4) is 30.3 Å². The molecule has 4 rings (SSSR count). The van der Waals surface area contributed by atoms with Crippen LogP contribution in [0.2, 0.25) is 0 Å². The van der Waals surface area contributed by atoms with Gasteiger partial charge in [0, 0.05) is 43.0 Å². The second-order valence-electron chi connectivity index (χ2n) is 11.5. The molecule has 2 aromatic carbocycles. The van der Waals surface area contributed by atoms with Crippen LogP contribution < -0.4 is 0 Å². The van der Waals surface area contributed by atoms with Gasteiger partial charge in [0.05, 0.1) is 42.0 Å². The number of carbonyl (C=O) groups excluding carboxylic acids is 1. The zero-order valence-electron chi connectivity index (χ0n) is 28.9. The minimum absolute atomic E-state index is 0.0433. The Balaban J connectivity index is 1.76. The summed E-state index contributed by atoms with van der Waals surface area (Å²) in [6.45, 7) is 7.68. The summed E-state index contributed by atoms with van der Waals surface area (Å²) >= 11 is 0. The van der Waals surface area contributed by atoms with Gasteiger partial charge in [-0.2, -0.15) is 26.3 Å². The van der Waals surface area contributed by atoms with E-state index in [-0.39, 0.29) is 22.9 Å². The summed E-state index contributed by atoms with van der Waals surface area (Å²) in [7, 11) is 0. The molecule has 0 unspecified atom stereocenters. The van der Waals surface area contributed by atoms with Crippen molar-refractivity contribution in [3.05, 3.63) is 142 Å². The first-order valence-corrected chi connectivity index (χ1v) is 16.7. The fraction of sp³-hybridized carbons (Fsp3) is 0.214. The van der Waals surface area contributed by atoms with Crippen LogP contribution in [0.5, 0.6) is 0 Å². The summed E-state index contributed by atoms with van der Waals surface area (Å²) < 4.78 is 5.21. The van der Waals surface area contributed by atoms with Crippen LogP contribution >= 0.6 is 0 Å². The number of piperazine rings is 1. The fourth-order valence-corrected chi connectivity index (χ4v) is 6.10. The van der Waals surface area contributed by atoms with E-state index in [1.165, 1.54) is 0 Å². The molecule has 2 aliphatic rings. The Kier molecular flexibility index (Phi) is 13.8. The molecule has 2 aromatic rings. The summed E-state index contributed by atoms with van der Waals surface area (Å²) in [5.41, 5.74) is 5.54. The summed E-state index contributed by atoms with van der Waals surface area (Å²) in [6.07, 6.45) is 11.8. The Morgan fingerprint density at radius 2 is 1.54 bits per heavy atom. The number of benzene rings is 2. The van der Waals surface area contributed by atoms with Gasteiger partial charge in [0.15, 0.2) is 5.92 Å². The average Bonchev–Trinajstić information content (AvgIpc) is 3.59. The Labute approximate surface area is 304 Å². The number of hydrogen-bond acceptors (Lipinski definition) is 9. The molecule has 0 radical (unpaired) electrons. The van der Waals surface area contributed by atoms with E-state index >= 15 is 0 Å². The minimum atomic E-state index is -1.13. The molecule has 1 fully saturated rings. The molecule has 256 valence electrons. The third-order valence-electron chi connectivity index (χ3n) is 8.51. The zero-order chi connectivity index (χ0) is 37.3. The first-order valence-electron chi connectivity index (χ1n) is 16.7. The molecule has 0 spiro atoms. The predicted octanol–water partition coefficient (Wildman–Crippen LogP) is 7.57. The van der Waals surface area contributed by atoms with E-state index in [9.17, 15) is 31.1 Å². The largest absolute Gasteiger partial charge is 0.450 e. The quantitative estimate of drug-likeness (QED) is 0.133. The molecule has 0 atom stereocenters. The van der Waals surface area contributed by atoms with Gasteiger partial charge in [0.1, 0.15) is 11.8 Å². The summed E-state index contributed by atoms with van der Waals surface area (Å²) in [6, 6.07) is 28.5. The standard InChI is InChI=1S/C42H36N8O2/c1-3-52-42(51)50-24-22-49(23-25-50)41-33(16-10-18-35(26-43)39(37(28-45)29-46)31-12-6-4-7-13-31)20-21-34(41)17-11-19-36(27-44)40(38(30-47)48-2)32-14-8-5-9-15-32/h4-19,37H,2-3,20-25H2,1H3. The van der Waals surface area contributed by atoms with Crippen LogP contribution in [0.3, 0.4) is 0 Å². The SMILES string of the molecule is C=NC(C#N)=C(C(C#N)=CC=CC1=C(N2CCN(C(=O)OCC)CC2)C(=CC=CC(C#N)=C(c2ccccc2)C(C#N)C#N)CC1)c1ccccc1. The predicted molar refractivity (Wildman–Crippen MR) is 199 cm³/mol. The van der Waals surface area contributed by atoms with Gasteiger partial charge in [0.2, 0.25) is 0 Å². The third kappa shape index (κ3) is 9.07. The van der Waals surface area contributed by atoms with Crippen LogP contribution in [0.1, 0.15) is 30.9 Å². The number of nitrogens with zero attached hydrogens (tertiary/aromatic N) is 8.